The van der Waals surface area contributed by atoms with Crippen LogP contribution in [-0.4, -0.2) is 20.0 Å². The van der Waals surface area contributed by atoms with Gasteiger partial charge in [-0.15, -0.1) is 11.3 Å². The number of carbonyl (C=O) groups excluding carboxylic acids is 1. The summed E-state index contributed by atoms with van der Waals surface area (Å²) < 4.78 is 0. The number of thiophene rings is 1. The molecule has 0 saturated heterocycles. The lowest BCUT2D eigenvalue weighted by Crippen LogP contribution is -2.13. The highest BCUT2D eigenvalue weighted by molar-refractivity contribution is 7.09. The molecule has 1 aromatic heterocycles. The molecule has 0 fully saturated rings. The first kappa shape index (κ1) is 15.6. The molecule has 3 nitrogen and oxygen atoms in total. The SMILES string of the molecule is Cc1cc(N(C)C)ccc1NC(=O)CCCc1cccs1. The second kappa shape index (κ2) is 7.27. The maximum absolute atomic E-state index is 12.0. The van der Waals surface area contributed by atoms with Gasteiger partial charge in [0, 0.05) is 36.8 Å². The molecule has 1 N–H and O–H groups in total. The topological polar surface area (TPSA) is 32.3 Å². The molecule has 1 amide bonds. The summed E-state index contributed by atoms with van der Waals surface area (Å²) in [6.07, 6.45) is 2.43. The van der Waals surface area contributed by atoms with E-state index in [-0.39, 0.29) is 5.91 Å². The number of rotatable bonds is 6. The minimum absolute atomic E-state index is 0.0901. The van der Waals surface area contributed by atoms with Crippen molar-refractivity contribution in [3.05, 3.63) is 46.2 Å². The van der Waals surface area contributed by atoms with Crippen LogP contribution in [0.2, 0.25) is 0 Å². The standard InChI is InChI=1S/C17H22N2OS/c1-13-12-14(19(2)3)9-10-16(13)18-17(20)8-4-6-15-7-5-11-21-15/h5,7,9-12H,4,6,8H2,1-3H3,(H,18,20). The number of amides is 1. The van der Waals surface area contributed by atoms with Gasteiger partial charge in [-0.3, -0.25) is 4.79 Å². The second-order valence-corrected chi connectivity index (χ2v) is 6.41. The van der Waals surface area contributed by atoms with Gasteiger partial charge in [-0.1, -0.05) is 6.07 Å². The third-order valence-electron chi connectivity index (χ3n) is 3.41. The highest BCUT2D eigenvalue weighted by Crippen LogP contribution is 2.21. The number of anilines is 2. The van der Waals surface area contributed by atoms with Crippen LogP contribution in [0.15, 0.2) is 35.7 Å². The average molecular weight is 302 g/mol. The highest BCUT2D eigenvalue weighted by Gasteiger charge is 2.06. The van der Waals surface area contributed by atoms with Crippen molar-refractivity contribution >= 4 is 28.6 Å². The molecule has 0 aliphatic heterocycles. The molecule has 0 atom stereocenters. The van der Waals surface area contributed by atoms with Crippen molar-refractivity contribution in [2.45, 2.75) is 26.2 Å². The zero-order chi connectivity index (χ0) is 15.2. The maximum Gasteiger partial charge on any atom is 0.224 e. The fraction of sp³-hybridized carbons (Fsp3) is 0.353. The van der Waals surface area contributed by atoms with Crippen LogP contribution >= 0.6 is 11.3 Å². The summed E-state index contributed by atoms with van der Waals surface area (Å²) in [7, 11) is 4.02. The molecular weight excluding hydrogens is 280 g/mol. The Balaban J connectivity index is 1.84. The molecule has 0 bridgehead atoms. The van der Waals surface area contributed by atoms with Gasteiger partial charge in [0.05, 0.1) is 0 Å². The predicted octanol–water partition coefficient (Wildman–Crippen LogP) is 4.08. The fourth-order valence-corrected chi connectivity index (χ4v) is 2.91. The van der Waals surface area contributed by atoms with Gasteiger partial charge < -0.3 is 10.2 Å². The van der Waals surface area contributed by atoms with Crippen molar-refractivity contribution in [3.8, 4) is 0 Å². The first-order chi connectivity index (χ1) is 10.1. The Morgan fingerprint density at radius 3 is 2.71 bits per heavy atom. The number of nitrogens with one attached hydrogen (secondary N) is 1. The van der Waals surface area contributed by atoms with E-state index in [2.05, 4.69) is 33.8 Å². The second-order valence-electron chi connectivity index (χ2n) is 5.37. The van der Waals surface area contributed by atoms with E-state index < -0.39 is 0 Å². The van der Waals surface area contributed by atoms with Crippen LogP contribution in [0.3, 0.4) is 0 Å². The number of hydrogen-bond acceptors (Lipinski definition) is 3. The van der Waals surface area contributed by atoms with E-state index in [0.717, 1.165) is 29.8 Å². The third-order valence-corrected chi connectivity index (χ3v) is 4.34. The molecule has 0 radical (unpaired) electrons. The Hall–Kier alpha value is -1.81. The van der Waals surface area contributed by atoms with Crippen molar-refractivity contribution in [2.75, 3.05) is 24.3 Å². The van der Waals surface area contributed by atoms with Crippen molar-refractivity contribution in [2.24, 2.45) is 0 Å². The molecule has 1 heterocycles. The summed E-state index contributed by atoms with van der Waals surface area (Å²) in [5, 5.41) is 5.08. The monoisotopic (exact) mass is 302 g/mol. The molecule has 0 spiro atoms. The van der Waals surface area contributed by atoms with Crippen LogP contribution in [0.1, 0.15) is 23.3 Å². The van der Waals surface area contributed by atoms with E-state index in [9.17, 15) is 4.79 Å². The number of aryl methyl sites for hydroxylation is 2. The van der Waals surface area contributed by atoms with E-state index >= 15 is 0 Å². The van der Waals surface area contributed by atoms with Crippen molar-refractivity contribution in [1.29, 1.82) is 0 Å². The summed E-state index contributed by atoms with van der Waals surface area (Å²) in [6, 6.07) is 10.2. The van der Waals surface area contributed by atoms with Gasteiger partial charge in [-0.2, -0.15) is 0 Å². The molecule has 0 saturated carbocycles. The number of carbonyl (C=O) groups is 1. The molecule has 2 aromatic rings. The van der Waals surface area contributed by atoms with E-state index in [1.165, 1.54) is 4.88 Å². The van der Waals surface area contributed by atoms with Gasteiger partial charge in [-0.25, -0.2) is 0 Å². The van der Waals surface area contributed by atoms with Gasteiger partial charge >= 0.3 is 0 Å². The minimum atomic E-state index is 0.0901. The summed E-state index contributed by atoms with van der Waals surface area (Å²) in [5.41, 5.74) is 3.14. The molecule has 4 heteroatoms. The van der Waals surface area contributed by atoms with Crippen LogP contribution in [0.4, 0.5) is 11.4 Å². The molecular formula is C17H22N2OS. The molecule has 1 aromatic carbocycles. The summed E-state index contributed by atoms with van der Waals surface area (Å²) in [6.45, 7) is 2.02. The van der Waals surface area contributed by atoms with Gasteiger partial charge in [0.2, 0.25) is 5.91 Å². The molecule has 112 valence electrons. The molecule has 2 rings (SSSR count). The van der Waals surface area contributed by atoms with E-state index in [4.69, 9.17) is 0 Å². The average Bonchev–Trinajstić information content (AvgIpc) is 2.94. The van der Waals surface area contributed by atoms with Crippen LogP contribution in [-0.2, 0) is 11.2 Å². The molecule has 0 aliphatic carbocycles. The smallest absolute Gasteiger partial charge is 0.224 e. The van der Waals surface area contributed by atoms with Crippen molar-refractivity contribution in [3.63, 3.8) is 0 Å². The van der Waals surface area contributed by atoms with Crippen LogP contribution < -0.4 is 10.2 Å². The van der Waals surface area contributed by atoms with Gasteiger partial charge in [0.1, 0.15) is 0 Å². The zero-order valence-electron chi connectivity index (χ0n) is 12.8. The first-order valence-electron chi connectivity index (χ1n) is 7.16. The lowest BCUT2D eigenvalue weighted by molar-refractivity contribution is -0.116. The lowest BCUT2D eigenvalue weighted by Gasteiger charge is -2.15. The molecule has 0 aliphatic rings. The zero-order valence-corrected chi connectivity index (χ0v) is 13.7. The summed E-state index contributed by atoms with van der Waals surface area (Å²) in [5.74, 6) is 0.0901. The Morgan fingerprint density at radius 1 is 1.29 bits per heavy atom. The largest absolute Gasteiger partial charge is 0.378 e. The Kier molecular flexibility index (Phi) is 5.39. The quantitative estimate of drug-likeness (QED) is 0.872. The Bertz CT molecular complexity index is 591. The first-order valence-corrected chi connectivity index (χ1v) is 8.04. The van der Waals surface area contributed by atoms with E-state index in [1.807, 2.05) is 33.2 Å². The maximum atomic E-state index is 12.0. The number of benzene rings is 1. The lowest BCUT2D eigenvalue weighted by atomic mass is 10.1. The van der Waals surface area contributed by atoms with Crippen molar-refractivity contribution in [1.82, 2.24) is 0 Å². The van der Waals surface area contributed by atoms with E-state index in [1.54, 1.807) is 11.3 Å². The highest BCUT2D eigenvalue weighted by atomic mass is 32.1. The Morgan fingerprint density at radius 2 is 2.10 bits per heavy atom. The molecule has 0 unspecified atom stereocenters. The number of nitrogens with zero attached hydrogens (tertiary/aromatic N) is 1. The predicted molar refractivity (Wildman–Crippen MR) is 91.4 cm³/mol. The normalized spacial score (nSPS) is 10.4. The van der Waals surface area contributed by atoms with Gasteiger partial charge in [-0.05, 0) is 55.0 Å². The van der Waals surface area contributed by atoms with E-state index in [0.29, 0.717) is 6.42 Å². The van der Waals surface area contributed by atoms with Crippen LogP contribution in [0.5, 0.6) is 0 Å². The van der Waals surface area contributed by atoms with Crippen LogP contribution in [0, 0.1) is 6.92 Å². The van der Waals surface area contributed by atoms with Crippen molar-refractivity contribution < 1.29 is 4.79 Å². The van der Waals surface area contributed by atoms with Crippen LogP contribution in [0.25, 0.3) is 0 Å². The van der Waals surface area contributed by atoms with Gasteiger partial charge in [0.15, 0.2) is 0 Å². The fourth-order valence-electron chi connectivity index (χ4n) is 2.16. The van der Waals surface area contributed by atoms with Gasteiger partial charge in [0.25, 0.3) is 0 Å². The minimum Gasteiger partial charge on any atom is -0.378 e. The number of hydrogen-bond donors (Lipinski definition) is 1. The summed E-state index contributed by atoms with van der Waals surface area (Å²) >= 11 is 1.75. The molecule has 21 heavy (non-hydrogen) atoms. The Labute approximate surface area is 130 Å². The summed E-state index contributed by atoms with van der Waals surface area (Å²) in [4.78, 5) is 15.4. The third kappa shape index (κ3) is 4.60.